The van der Waals surface area contributed by atoms with Crippen molar-refractivity contribution in [1.82, 2.24) is 14.9 Å². The van der Waals surface area contributed by atoms with Gasteiger partial charge in [-0.15, -0.1) is 0 Å². The minimum atomic E-state index is -4.60. The highest BCUT2D eigenvalue weighted by molar-refractivity contribution is 7.99. The number of aromatic nitrogens is 2. The van der Waals surface area contributed by atoms with Gasteiger partial charge in [0.2, 0.25) is 11.8 Å². The van der Waals surface area contributed by atoms with Gasteiger partial charge in [-0.3, -0.25) is 9.59 Å². The molecule has 6 nitrogen and oxygen atoms in total. The molecule has 2 aromatic carbocycles. The lowest BCUT2D eigenvalue weighted by atomic mass is 10.1. The number of fused-ring (bicyclic) bond motifs is 1. The van der Waals surface area contributed by atoms with E-state index in [1.54, 1.807) is 13.8 Å². The lowest BCUT2D eigenvalue weighted by molar-refractivity contribution is -0.137. The Labute approximate surface area is 181 Å². The highest BCUT2D eigenvalue weighted by Crippen LogP contribution is 2.34. The Kier molecular flexibility index (Phi) is 6.89. The Hall–Kier alpha value is -3.01. The van der Waals surface area contributed by atoms with Crippen LogP contribution in [0, 0.1) is 0 Å². The van der Waals surface area contributed by atoms with E-state index in [2.05, 4.69) is 15.3 Å². The zero-order valence-corrected chi connectivity index (χ0v) is 17.7. The van der Waals surface area contributed by atoms with Gasteiger partial charge in [0.25, 0.3) is 0 Å². The van der Waals surface area contributed by atoms with E-state index < -0.39 is 17.6 Å². The van der Waals surface area contributed by atoms with Crippen molar-refractivity contribution in [2.45, 2.75) is 31.2 Å². The minimum Gasteiger partial charge on any atom is -0.333 e. The fraction of sp³-hybridized carbons (Fsp3) is 0.286. The zero-order valence-electron chi connectivity index (χ0n) is 16.9. The van der Waals surface area contributed by atoms with Crippen molar-refractivity contribution >= 4 is 40.3 Å². The topological polar surface area (TPSA) is 78.1 Å². The number of imidazole rings is 1. The molecule has 0 aliphatic heterocycles. The van der Waals surface area contributed by atoms with Crippen molar-refractivity contribution in [2.24, 2.45) is 0 Å². The molecular weight excluding hydrogens is 429 g/mol. The summed E-state index contributed by atoms with van der Waals surface area (Å²) in [7, 11) is 0. The number of anilines is 1. The molecule has 2 amide bonds. The van der Waals surface area contributed by atoms with Crippen LogP contribution in [0.15, 0.2) is 53.7 Å². The normalized spacial score (nSPS) is 11.7. The van der Waals surface area contributed by atoms with Gasteiger partial charge in [0.15, 0.2) is 5.16 Å². The number of H-pyrrole nitrogens is 1. The second-order valence-electron chi connectivity index (χ2n) is 7.05. The standard InChI is InChI=1S/C21H21F3N4O2S/c1-13(2)28(11-18(29)25-15-8-4-3-7-14(15)21(22,23)24)19(30)12-31-20-26-16-9-5-6-10-17(16)27-20/h3-10,13H,11-12H2,1-2H3,(H,25,29)(H,26,27). The van der Waals surface area contributed by atoms with Crippen LogP contribution < -0.4 is 5.32 Å². The molecule has 31 heavy (non-hydrogen) atoms. The smallest absolute Gasteiger partial charge is 0.333 e. The number of hydrogen-bond acceptors (Lipinski definition) is 4. The first-order valence-electron chi connectivity index (χ1n) is 9.48. The van der Waals surface area contributed by atoms with Gasteiger partial charge in [0, 0.05) is 6.04 Å². The summed E-state index contributed by atoms with van der Waals surface area (Å²) in [5, 5.41) is 2.84. The number of aromatic amines is 1. The average molecular weight is 450 g/mol. The molecule has 0 bridgehead atoms. The number of hydrogen-bond donors (Lipinski definition) is 2. The highest BCUT2D eigenvalue weighted by Gasteiger charge is 2.33. The number of alkyl halides is 3. The minimum absolute atomic E-state index is 0.0322. The third kappa shape index (κ3) is 5.78. The van der Waals surface area contributed by atoms with Gasteiger partial charge in [0.1, 0.15) is 6.54 Å². The molecule has 164 valence electrons. The molecule has 0 aliphatic rings. The van der Waals surface area contributed by atoms with Crippen LogP contribution in [0.5, 0.6) is 0 Å². The van der Waals surface area contributed by atoms with Crippen LogP contribution in [0.4, 0.5) is 18.9 Å². The molecule has 0 atom stereocenters. The van der Waals surface area contributed by atoms with Crippen molar-refractivity contribution in [2.75, 3.05) is 17.6 Å². The Morgan fingerprint density at radius 2 is 1.81 bits per heavy atom. The maximum absolute atomic E-state index is 13.1. The number of amides is 2. The van der Waals surface area contributed by atoms with Crippen molar-refractivity contribution in [3.8, 4) is 0 Å². The summed E-state index contributed by atoms with van der Waals surface area (Å²) in [4.78, 5) is 33.9. The van der Waals surface area contributed by atoms with Crippen LogP contribution in [0.1, 0.15) is 19.4 Å². The Balaban J connectivity index is 1.63. The van der Waals surface area contributed by atoms with E-state index in [4.69, 9.17) is 0 Å². The summed E-state index contributed by atoms with van der Waals surface area (Å²) < 4.78 is 39.4. The number of halogens is 3. The molecule has 10 heteroatoms. The van der Waals surface area contributed by atoms with E-state index in [9.17, 15) is 22.8 Å². The number of carbonyl (C=O) groups is 2. The van der Waals surface area contributed by atoms with Crippen LogP contribution in [-0.4, -0.2) is 45.0 Å². The maximum Gasteiger partial charge on any atom is 0.418 e. The summed E-state index contributed by atoms with van der Waals surface area (Å²) in [6.07, 6.45) is -4.60. The quantitative estimate of drug-likeness (QED) is 0.518. The van der Waals surface area contributed by atoms with E-state index in [0.29, 0.717) is 5.16 Å². The van der Waals surface area contributed by atoms with Gasteiger partial charge in [-0.25, -0.2) is 4.98 Å². The molecule has 2 N–H and O–H groups in total. The number of para-hydroxylation sites is 3. The van der Waals surface area contributed by atoms with Crippen molar-refractivity contribution in [3.05, 3.63) is 54.1 Å². The van der Waals surface area contributed by atoms with E-state index in [1.807, 2.05) is 24.3 Å². The molecule has 0 radical (unpaired) electrons. The second kappa shape index (κ2) is 9.42. The third-order valence-corrected chi connectivity index (χ3v) is 5.32. The third-order valence-electron chi connectivity index (χ3n) is 4.46. The molecule has 0 spiro atoms. The van der Waals surface area contributed by atoms with Crippen molar-refractivity contribution < 1.29 is 22.8 Å². The van der Waals surface area contributed by atoms with Gasteiger partial charge in [-0.05, 0) is 38.1 Å². The molecule has 0 unspecified atom stereocenters. The zero-order chi connectivity index (χ0) is 22.6. The van der Waals surface area contributed by atoms with E-state index in [-0.39, 0.29) is 29.9 Å². The number of nitrogens with one attached hydrogen (secondary N) is 2. The largest absolute Gasteiger partial charge is 0.418 e. The molecule has 1 aromatic heterocycles. The number of nitrogens with zero attached hydrogens (tertiary/aromatic N) is 2. The summed E-state index contributed by atoms with van der Waals surface area (Å²) in [6, 6.07) is 11.9. The maximum atomic E-state index is 13.1. The molecule has 0 saturated heterocycles. The van der Waals surface area contributed by atoms with Crippen LogP contribution in [0.25, 0.3) is 11.0 Å². The summed E-state index contributed by atoms with van der Waals surface area (Å²) in [5.41, 5.74) is 0.348. The Bertz CT molecular complexity index is 1050. The van der Waals surface area contributed by atoms with Gasteiger partial charge in [0.05, 0.1) is 28.0 Å². The number of benzene rings is 2. The van der Waals surface area contributed by atoms with Crippen LogP contribution in [-0.2, 0) is 15.8 Å². The van der Waals surface area contributed by atoms with E-state index >= 15 is 0 Å². The predicted octanol–water partition coefficient (Wildman–Crippen LogP) is 4.55. The molecular formula is C21H21F3N4O2S. The lowest BCUT2D eigenvalue weighted by Gasteiger charge is -2.26. The van der Waals surface area contributed by atoms with Crippen molar-refractivity contribution in [1.29, 1.82) is 0 Å². The fourth-order valence-corrected chi connectivity index (χ4v) is 3.72. The highest BCUT2D eigenvalue weighted by atomic mass is 32.2. The summed E-state index contributed by atoms with van der Waals surface area (Å²) in [6.45, 7) is 3.12. The second-order valence-corrected chi connectivity index (χ2v) is 8.02. The molecule has 0 aliphatic carbocycles. The van der Waals surface area contributed by atoms with Crippen LogP contribution >= 0.6 is 11.8 Å². The molecule has 1 heterocycles. The van der Waals surface area contributed by atoms with Gasteiger partial charge < -0.3 is 15.2 Å². The average Bonchev–Trinajstić information content (AvgIpc) is 3.12. The monoisotopic (exact) mass is 450 g/mol. The Morgan fingerprint density at radius 1 is 1.13 bits per heavy atom. The molecule has 0 fully saturated rings. The Morgan fingerprint density at radius 3 is 2.48 bits per heavy atom. The van der Waals surface area contributed by atoms with Gasteiger partial charge in [-0.1, -0.05) is 36.0 Å². The SMILES string of the molecule is CC(C)N(CC(=O)Nc1ccccc1C(F)(F)F)C(=O)CSc1nc2ccccc2[nH]1. The number of rotatable bonds is 7. The lowest BCUT2D eigenvalue weighted by Crippen LogP contribution is -2.43. The number of carbonyl (C=O) groups excluding carboxylic acids is 2. The van der Waals surface area contributed by atoms with E-state index in [1.165, 1.54) is 34.9 Å². The predicted molar refractivity (Wildman–Crippen MR) is 114 cm³/mol. The summed E-state index contributed by atoms with van der Waals surface area (Å²) in [5.74, 6) is -0.989. The molecule has 3 aromatic rings. The first-order chi connectivity index (χ1) is 14.6. The first kappa shape index (κ1) is 22.7. The van der Waals surface area contributed by atoms with Crippen LogP contribution in [0.2, 0.25) is 0 Å². The molecule has 0 saturated carbocycles. The number of thioether (sulfide) groups is 1. The van der Waals surface area contributed by atoms with Gasteiger partial charge in [-0.2, -0.15) is 13.2 Å². The first-order valence-corrected chi connectivity index (χ1v) is 10.5. The fourth-order valence-electron chi connectivity index (χ4n) is 2.95. The molecule has 3 rings (SSSR count). The van der Waals surface area contributed by atoms with E-state index in [0.717, 1.165) is 17.1 Å². The van der Waals surface area contributed by atoms with Gasteiger partial charge >= 0.3 is 6.18 Å². The van der Waals surface area contributed by atoms with Crippen molar-refractivity contribution in [3.63, 3.8) is 0 Å². The van der Waals surface area contributed by atoms with Crippen LogP contribution in [0.3, 0.4) is 0 Å². The summed E-state index contributed by atoms with van der Waals surface area (Å²) >= 11 is 1.20.